The van der Waals surface area contributed by atoms with E-state index in [1.807, 2.05) is 26.8 Å². The Balaban J connectivity index is 2.23. The molecule has 1 aromatic heterocycles. The van der Waals surface area contributed by atoms with Crippen LogP contribution in [0.15, 0.2) is 33.2 Å². The molecule has 0 bridgehead atoms. The zero-order chi connectivity index (χ0) is 13.3. The van der Waals surface area contributed by atoms with Gasteiger partial charge in [0.2, 0.25) is 0 Å². The van der Waals surface area contributed by atoms with Crippen LogP contribution in [0.25, 0.3) is 0 Å². The predicted molar refractivity (Wildman–Crippen MR) is 74.3 cm³/mol. The molecule has 0 saturated carbocycles. The average Bonchev–Trinajstić information content (AvgIpc) is 2.63. The van der Waals surface area contributed by atoms with E-state index in [9.17, 15) is 4.39 Å². The van der Waals surface area contributed by atoms with E-state index in [0.29, 0.717) is 5.69 Å². The Morgan fingerprint density at radius 2 is 2.00 bits per heavy atom. The minimum absolute atomic E-state index is 0.00810. The number of furan rings is 1. The highest BCUT2D eigenvalue weighted by Crippen LogP contribution is 2.27. The van der Waals surface area contributed by atoms with Gasteiger partial charge in [0.05, 0.1) is 11.7 Å². The number of hydrogen-bond donors (Lipinski definition) is 1. The van der Waals surface area contributed by atoms with Gasteiger partial charge in [-0.05, 0) is 45.0 Å². The van der Waals surface area contributed by atoms with Crippen molar-refractivity contribution in [3.05, 3.63) is 51.6 Å². The van der Waals surface area contributed by atoms with E-state index in [1.54, 1.807) is 12.1 Å². The third kappa shape index (κ3) is 2.75. The minimum atomic E-state index is -0.261. The standard InChI is InChI=1S/C14H15BrFNO/c1-8-6-12(10(3)18-8)9(2)17-14-7-11(15)4-5-13(14)16/h4-7,9,17H,1-3H3. The molecule has 0 radical (unpaired) electrons. The third-order valence-electron chi connectivity index (χ3n) is 2.85. The van der Waals surface area contributed by atoms with Crippen LogP contribution in [0.1, 0.15) is 30.0 Å². The lowest BCUT2D eigenvalue weighted by Crippen LogP contribution is -2.08. The van der Waals surface area contributed by atoms with Crippen molar-refractivity contribution in [2.75, 3.05) is 5.32 Å². The molecule has 4 heteroatoms. The third-order valence-corrected chi connectivity index (χ3v) is 3.34. The second-order valence-corrected chi connectivity index (χ2v) is 5.27. The van der Waals surface area contributed by atoms with Crippen LogP contribution in [-0.4, -0.2) is 0 Å². The molecule has 0 aliphatic carbocycles. The predicted octanol–water partition coefficient (Wildman–Crippen LogP) is 4.97. The molecule has 1 heterocycles. The van der Waals surface area contributed by atoms with Gasteiger partial charge in [-0.3, -0.25) is 0 Å². The van der Waals surface area contributed by atoms with E-state index in [0.717, 1.165) is 21.6 Å². The molecule has 0 amide bonds. The summed E-state index contributed by atoms with van der Waals surface area (Å²) in [7, 11) is 0. The maximum absolute atomic E-state index is 13.6. The monoisotopic (exact) mass is 311 g/mol. The minimum Gasteiger partial charge on any atom is -0.466 e. The summed E-state index contributed by atoms with van der Waals surface area (Å²) in [5.74, 6) is 1.47. The second kappa shape index (κ2) is 5.14. The molecule has 1 N–H and O–H groups in total. The summed E-state index contributed by atoms with van der Waals surface area (Å²) < 4.78 is 20.0. The van der Waals surface area contributed by atoms with E-state index < -0.39 is 0 Å². The van der Waals surface area contributed by atoms with Crippen molar-refractivity contribution in [1.82, 2.24) is 0 Å². The summed E-state index contributed by atoms with van der Waals surface area (Å²) in [5.41, 5.74) is 1.53. The number of halogens is 2. The summed E-state index contributed by atoms with van der Waals surface area (Å²) in [4.78, 5) is 0. The Kier molecular flexibility index (Phi) is 3.76. The fraction of sp³-hybridized carbons (Fsp3) is 0.286. The Morgan fingerprint density at radius 3 is 2.61 bits per heavy atom. The van der Waals surface area contributed by atoms with Gasteiger partial charge < -0.3 is 9.73 Å². The van der Waals surface area contributed by atoms with Gasteiger partial charge in [-0.2, -0.15) is 0 Å². The van der Waals surface area contributed by atoms with Crippen LogP contribution in [0.3, 0.4) is 0 Å². The summed E-state index contributed by atoms with van der Waals surface area (Å²) in [6.45, 7) is 5.80. The maximum Gasteiger partial charge on any atom is 0.146 e. The molecule has 2 rings (SSSR count). The summed E-state index contributed by atoms with van der Waals surface area (Å²) >= 11 is 3.34. The van der Waals surface area contributed by atoms with E-state index in [-0.39, 0.29) is 11.9 Å². The van der Waals surface area contributed by atoms with Crippen LogP contribution in [0.5, 0.6) is 0 Å². The number of nitrogens with one attached hydrogen (secondary N) is 1. The molecule has 0 spiro atoms. The molecule has 2 aromatic rings. The Morgan fingerprint density at radius 1 is 1.28 bits per heavy atom. The largest absolute Gasteiger partial charge is 0.466 e. The van der Waals surface area contributed by atoms with E-state index >= 15 is 0 Å². The van der Waals surface area contributed by atoms with Crippen LogP contribution >= 0.6 is 15.9 Å². The highest BCUT2D eigenvalue weighted by Gasteiger charge is 2.14. The van der Waals surface area contributed by atoms with Crippen molar-refractivity contribution < 1.29 is 8.81 Å². The second-order valence-electron chi connectivity index (χ2n) is 4.36. The van der Waals surface area contributed by atoms with Gasteiger partial charge in [0.1, 0.15) is 17.3 Å². The van der Waals surface area contributed by atoms with Crippen molar-refractivity contribution in [1.29, 1.82) is 0 Å². The average molecular weight is 312 g/mol. The fourth-order valence-corrected chi connectivity index (χ4v) is 2.36. The quantitative estimate of drug-likeness (QED) is 0.865. The van der Waals surface area contributed by atoms with Gasteiger partial charge in [0.25, 0.3) is 0 Å². The van der Waals surface area contributed by atoms with Crippen molar-refractivity contribution in [3.63, 3.8) is 0 Å². The van der Waals surface area contributed by atoms with Crippen molar-refractivity contribution in [2.45, 2.75) is 26.8 Å². The molecular formula is C14H15BrFNO. The van der Waals surface area contributed by atoms with Crippen LogP contribution in [-0.2, 0) is 0 Å². The van der Waals surface area contributed by atoms with Gasteiger partial charge in [-0.1, -0.05) is 15.9 Å². The zero-order valence-corrected chi connectivity index (χ0v) is 12.1. The molecular weight excluding hydrogens is 297 g/mol. The Hall–Kier alpha value is -1.29. The highest BCUT2D eigenvalue weighted by atomic mass is 79.9. The Labute approximate surface area is 114 Å². The molecule has 96 valence electrons. The molecule has 18 heavy (non-hydrogen) atoms. The first-order chi connectivity index (χ1) is 8.47. The lowest BCUT2D eigenvalue weighted by atomic mass is 10.1. The first-order valence-electron chi connectivity index (χ1n) is 5.76. The van der Waals surface area contributed by atoms with Crippen LogP contribution < -0.4 is 5.32 Å². The SMILES string of the molecule is Cc1cc(C(C)Nc2cc(Br)ccc2F)c(C)o1. The molecule has 2 nitrogen and oxygen atoms in total. The summed E-state index contributed by atoms with van der Waals surface area (Å²) in [6, 6.07) is 6.81. The highest BCUT2D eigenvalue weighted by molar-refractivity contribution is 9.10. The van der Waals surface area contributed by atoms with Gasteiger partial charge >= 0.3 is 0 Å². The molecule has 0 fully saturated rings. The van der Waals surface area contributed by atoms with E-state index in [2.05, 4.69) is 21.2 Å². The van der Waals surface area contributed by atoms with Gasteiger partial charge in [0, 0.05) is 10.0 Å². The lowest BCUT2D eigenvalue weighted by Gasteiger charge is -2.15. The van der Waals surface area contributed by atoms with Crippen molar-refractivity contribution >= 4 is 21.6 Å². The summed E-state index contributed by atoms with van der Waals surface area (Å²) in [5, 5.41) is 3.16. The zero-order valence-electron chi connectivity index (χ0n) is 10.6. The van der Waals surface area contributed by atoms with Crippen molar-refractivity contribution in [2.24, 2.45) is 0 Å². The molecule has 0 aliphatic heterocycles. The number of rotatable bonds is 3. The number of aryl methyl sites for hydroxylation is 2. The maximum atomic E-state index is 13.6. The van der Waals surface area contributed by atoms with Crippen LogP contribution in [0.2, 0.25) is 0 Å². The molecule has 0 aliphatic rings. The number of anilines is 1. The lowest BCUT2D eigenvalue weighted by molar-refractivity contribution is 0.499. The summed E-state index contributed by atoms with van der Waals surface area (Å²) in [6.07, 6.45) is 0. The fourth-order valence-electron chi connectivity index (χ4n) is 2.00. The number of hydrogen-bond acceptors (Lipinski definition) is 2. The number of benzene rings is 1. The topological polar surface area (TPSA) is 25.2 Å². The molecule has 1 unspecified atom stereocenters. The first-order valence-corrected chi connectivity index (χ1v) is 6.55. The van der Waals surface area contributed by atoms with Crippen molar-refractivity contribution in [3.8, 4) is 0 Å². The Bertz CT molecular complexity index is 565. The molecule has 1 aromatic carbocycles. The molecule has 1 atom stereocenters. The normalized spacial score (nSPS) is 12.5. The van der Waals surface area contributed by atoms with Gasteiger partial charge in [-0.25, -0.2) is 4.39 Å². The smallest absolute Gasteiger partial charge is 0.146 e. The van der Waals surface area contributed by atoms with Crippen LogP contribution in [0, 0.1) is 19.7 Å². The van der Waals surface area contributed by atoms with Gasteiger partial charge in [0.15, 0.2) is 0 Å². The van der Waals surface area contributed by atoms with E-state index in [4.69, 9.17) is 4.42 Å². The first kappa shape index (κ1) is 13.1. The van der Waals surface area contributed by atoms with Gasteiger partial charge in [-0.15, -0.1) is 0 Å². The van der Waals surface area contributed by atoms with Crippen LogP contribution in [0.4, 0.5) is 10.1 Å². The molecule has 0 saturated heterocycles. The van der Waals surface area contributed by atoms with E-state index in [1.165, 1.54) is 6.07 Å².